The molecular weight excluding hydrogens is 440 g/mol. The maximum Gasteiger partial charge on any atom is 0.267 e. The highest BCUT2D eigenvalue weighted by Gasteiger charge is 2.19. The van der Waals surface area contributed by atoms with Gasteiger partial charge in [0.2, 0.25) is 0 Å². The first-order valence-electron chi connectivity index (χ1n) is 11.4. The number of ether oxygens (including phenoxy) is 2. The predicted octanol–water partition coefficient (Wildman–Crippen LogP) is 5.06. The van der Waals surface area contributed by atoms with Crippen molar-refractivity contribution in [2.75, 3.05) is 7.11 Å². The smallest absolute Gasteiger partial charge is 0.267 e. The number of rotatable bonds is 6. The van der Waals surface area contributed by atoms with Crippen molar-refractivity contribution in [2.24, 2.45) is 0 Å². The second-order valence-corrected chi connectivity index (χ2v) is 8.41. The third kappa shape index (κ3) is 4.05. The number of hydrogen-bond donors (Lipinski definition) is 0. The van der Waals surface area contributed by atoms with E-state index in [1.54, 1.807) is 24.1 Å². The second-order valence-electron chi connectivity index (χ2n) is 8.41. The molecule has 0 bridgehead atoms. The molecule has 3 heterocycles. The Balaban J connectivity index is 1.57. The van der Waals surface area contributed by atoms with E-state index in [-0.39, 0.29) is 5.56 Å². The van der Waals surface area contributed by atoms with Crippen molar-refractivity contribution in [1.29, 1.82) is 0 Å². The maximum absolute atomic E-state index is 13.6. The normalized spacial score (nSPS) is 11.1. The molecule has 0 spiro atoms. The Hall–Kier alpha value is -4.39. The highest BCUT2D eigenvalue weighted by Crippen LogP contribution is 2.27. The van der Waals surface area contributed by atoms with Gasteiger partial charge in [-0.25, -0.2) is 9.67 Å². The lowest BCUT2D eigenvalue weighted by molar-refractivity contribution is 0.307. The topological polar surface area (TPSA) is 70.7 Å². The standard InChI is InChI=1S/C28H26N4O3/c1-18-10-5-6-11-21(18)17-35-25-14-9-15-31-27(25)29-20(3)26(28(31)33)22-16-19(2)32(30-22)23-12-7-8-13-24(23)34-4/h5-16H,17H2,1-4H3. The fourth-order valence-corrected chi connectivity index (χ4v) is 4.22. The molecule has 0 aliphatic heterocycles. The molecule has 0 amide bonds. The number of pyridine rings is 1. The van der Waals surface area contributed by atoms with Crippen LogP contribution in [0.1, 0.15) is 22.5 Å². The van der Waals surface area contributed by atoms with Crippen LogP contribution in [-0.2, 0) is 6.61 Å². The van der Waals surface area contributed by atoms with Crippen LogP contribution in [0.4, 0.5) is 0 Å². The van der Waals surface area contributed by atoms with Gasteiger partial charge in [-0.05, 0) is 62.2 Å². The Labute approximate surface area is 203 Å². The quantitative estimate of drug-likeness (QED) is 0.350. The van der Waals surface area contributed by atoms with Crippen LogP contribution in [0.3, 0.4) is 0 Å². The third-order valence-electron chi connectivity index (χ3n) is 6.10. The minimum absolute atomic E-state index is 0.196. The van der Waals surface area contributed by atoms with Crippen LogP contribution in [0, 0.1) is 20.8 Å². The molecule has 2 aromatic carbocycles. The molecule has 5 aromatic rings. The van der Waals surface area contributed by atoms with Gasteiger partial charge in [0.15, 0.2) is 11.4 Å². The summed E-state index contributed by atoms with van der Waals surface area (Å²) in [5.41, 5.74) is 5.80. The van der Waals surface area contributed by atoms with Crippen LogP contribution in [0.5, 0.6) is 11.5 Å². The molecule has 176 valence electrons. The van der Waals surface area contributed by atoms with E-state index < -0.39 is 0 Å². The van der Waals surface area contributed by atoms with Crippen molar-refractivity contribution >= 4 is 5.65 Å². The molecule has 0 aliphatic rings. The molecule has 0 aliphatic carbocycles. The molecule has 3 aromatic heterocycles. The molecule has 7 heteroatoms. The number of benzene rings is 2. The van der Waals surface area contributed by atoms with Gasteiger partial charge in [0, 0.05) is 11.9 Å². The lowest BCUT2D eigenvalue weighted by Gasteiger charge is -2.12. The van der Waals surface area contributed by atoms with Gasteiger partial charge in [-0.15, -0.1) is 0 Å². The van der Waals surface area contributed by atoms with E-state index in [9.17, 15) is 4.79 Å². The van der Waals surface area contributed by atoms with Gasteiger partial charge in [-0.2, -0.15) is 5.10 Å². The predicted molar refractivity (Wildman–Crippen MR) is 136 cm³/mol. The first kappa shape index (κ1) is 22.4. The molecule has 0 saturated carbocycles. The highest BCUT2D eigenvalue weighted by molar-refractivity contribution is 5.66. The fourth-order valence-electron chi connectivity index (χ4n) is 4.22. The molecule has 0 N–H and O–H groups in total. The zero-order valence-corrected chi connectivity index (χ0v) is 20.1. The van der Waals surface area contributed by atoms with Crippen molar-refractivity contribution in [3.8, 4) is 28.4 Å². The first-order chi connectivity index (χ1) is 17.0. The number of aryl methyl sites for hydroxylation is 3. The summed E-state index contributed by atoms with van der Waals surface area (Å²) in [5.74, 6) is 1.25. The van der Waals surface area contributed by atoms with Crippen LogP contribution >= 0.6 is 0 Å². The zero-order chi connectivity index (χ0) is 24.5. The molecule has 0 fully saturated rings. The number of fused-ring (bicyclic) bond motifs is 1. The van der Waals surface area contributed by atoms with Gasteiger partial charge in [0.05, 0.1) is 18.4 Å². The summed E-state index contributed by atoms with van der Waals surface area (Å²) in [6, 6.07) is 21.2. The van der Waals surface area contributed by atoms with Crippen molar-refractivity contribution in [1.82, 2.24) is 19.2 Å². The summed E-state index contributed by atoms with van der Waals surface area (Å²) in [4.78, 5) is 18.4. The largest absolute Gasteiger partial charge is 0.494 e. The molecule has 35 heavy (non-hydrogen) atoms. The molecular formula is C28H26N4O3. The van der Waals surface area contributed by atoms with Gasteiger partial charge in [-0.3, -0.25) is 9.20 Å². The highest BCUT2D eigenvalue weighted by atomic mass is 16.5. The van der Waals surface area contributed by atoms with Gasteiger partial charge in [0.1, 0.15) is 23.7 Å². The number of hydrogen-bond acceptors (Lipinski definition) is 5. The summed E-state index contributed by atoms with van der Waals surface area (Å²) in [5, 5.41) is 4.75. The number of nitrogens with zero attached hydrogens (tertiary/aromatic N) is 4. The minimum atomic E-state index is -0.196. The van der Waals surface area contributed by atoms with Crippen molar-refractivity contribution in [2.45, 2.75) is 27.4 Å². The second kappa shape index (κ2) is 9.10. The van der Waals surface area contributed by atoms with E-state index in [0.29, 0.717) is 40.7 Å². The van der Waals surface area contributed by atoms with E-state index in [1.165, 1.54) is 4.40 Å². The number of aromatic nitrogens is 4. The van der Waals surface area contributed by atoms with Gasteiger partial charge in [0.25, 0.3) is 5.56 Å². The van der Waals surface area contributed by atoms with Crippen LogP contribution in [0.25, 0.3) is 22.6 Å². The number of para-hydroxylation sites is 2. The average molecular weight is 467 g/mol. The summed E-state index contributed by atoms with van der Waals surface area (Å²) >= 11 is 0. The number of methoxy groups -OCH3 is 1. The Bertz CT molecular complexity index is 1600. The Morgan fingerprint density at radius 1 is 0.914 bits per heavy atom. The lowest BCUT2D eigenvalue weighted by atomic mass is 10.1. The van der Waals surface area contributed by atoms with Gasteiger partial charge in [-0.1, -0.05) is 36.4 Å². The SMILES string of the molecule is COc1ccccc1-n1nc(-c2c(C)nc3c(OCc4ccccc4C)cccn3c2=O)cc1C. The Morgan fingerprint density at radius 3 is 2.46 bits per heavy atom. The molecule has 5 rings (SSSR count). The van der Waals surface area contributed by atoms with E-state index >= 15 is 0 Å². The van der Waals surface area contributed by atoms with Crippen LogP contribution in [-0.4, -0.2) is 26.3 Å². The van der Waals surface area contributed by atoms with E-state index in [2.05, 4.69) is 0 Å². The molecule has 0 saturated heterocycles. The van der Waals surface area contributed by atoms with Gasteiger partial charge >= 0.3 is 0 Å². The summed E-state index contributed by atoms with van der Waals surface area (Å²) in [6.07, 6.45) is 1.71. The molecule has 0 atom stereocenters. The Kier molecular flexibility index (Phi) is 5.82. The van der Waals surface area contributed by atoms with Crippen LogP contribution < -0.4 is 15.0 Å². The molecule has 0 radical (unpaired) electrons. The average Bonchev–Trinajstić information content (AvgIpc) is 3.24. The Morgan fingerprint density at radius 2 is 1.66 bits per heavy atom. The third-order valence-corrected chi connectivity index (χ3v) is 6.10. The van der Waals surface area contributed by atoms with Crippen molar-refractivity contribution in [3.05, 3.63) is 106 Å². The zero-order valence-electron chi connectivity index (χ0n) is 20.1. The maximum atomic E-state index is 13.6. The van der Waals surface area contributed by atoms with Crippen LogP contribution in [0.2, 0.25) is 0 Å². The summed E-state index contributed by atoms with van der Waals surface area (Å²) in [6.45, 7) is 6.22. The molecule has 0 unspecified atom stereocenters. The fraction of sp³-hybridized carbons (Fsp3) is 0.179. The minimum Gasteiger partial charge on any atom is -0.494 e. The van der Waals surface area contributed by atoms with E-state index in [1.807, 2.05) is 81.4 Å². The van der Waals surface area contributed by atoms with Crippen LogP contribution in [0.15, 0.2) is 77.7 Å². The van der Waals surface area contributed by atoms with Crippen molar-refractivity contribution in [3.63, 3.8) is 0 Å². The lowest BCUT2D eigenvalue weighted by Crippen LogP contribution is -2.19. The van der Waals surface area contributed by atoms with E-state index in [0.717, 1.165) is 22.5 Å². The summed E-state index contributed by atoms with van der Waals surface area (Å²) in [7, 11) is 1.63. The van der Waals surface area contributed by atoms with Gasteiger partial charge < -0.3 is 9.47 Å². The first-order valence-corrected chi connectivity index (χ1v) is 11.4. The van der Waals surface area contributed by atoms with Crippen molar-refractivity contribution < 1.29 is 9.47 Å². The summed E-state index contributed by atoms with van der Waals surface area (Å²) < 4.78 is 14.9. The monoisotopic (exact) mass is 466 g/mol. The molecule has 7 nitrogen and oxygen atoms in total. The van der Waals surface area contributed by atoms with E-state index in [4.69, 9.17) is 19.6 Å².